The second-order valence-corrected chi connectivity index (χ2v) is 8.42. The van der Waals surface area contributed by atoms with E-state index in [9.17, 15) is 4.79 Å². The van der Waals surface area contributed by atoms with E-state index in [1.807, 2.05) is 30.7 Å². The summed E-state index contributed by atoms with van der Waals surface area (Å²) in [5.74, 6) is 0. The molecule has 4 aromatic rings. The normalized spacial score (nSPS) is 12.2. The molecule has 6 nitrogen and oxygen atoms in total. The van der Waals surface area contributed by atoms with Crippen molar-refractivity contribution < 1.29 is 0 Å². The Kier molecular flexibility index (Phi) is 8.38. The molecule has 0 aromatic carbocycles. The number of nitrogens with one attached hydrogen (secondary N) is 1. The van der Waals surface area contributed by atoms with Gasteiger partial charge in [0.05, 0.1) is 23.8 Å². The predicted molar refractivity (Wildman–Crippen MR) is 134 cm³/mol. The van der Waals surface area contributed by atoms with Gasteiger partial charge in [-0.25, -0.2) is 14.8 Å². The first-order valence-corrected chi connectivity index (χ1v) is 12.2. The fourth-order valence-corrected chi connectivity index (χ4v) is 4.69. The molecule has 0 fully saturated rings. The van der Waals surface area contributed by atoms with Crippen LogP contribution in [0.3, 0.4) is 0 Å². The first-order valence-electron chi connectivity index (χ1n) is 11.4. The lowest BCUT2D eigenvalue weighted by Gasteiger charge is -2.17. The van der Waals surface area contributed by atoms with Crippen LogP contribution in [-0.2, 0) is 6.54 Å². The van der Waals surface area contributed by atoms with Gasteiger partial charge in [0.15, 0.2) is 0 Å². The van der Waals surface area contributed by atoms with Crippen LogP contribution < -0.4 is 5.69 Å². The van der Waals surface area contributed by atoms with Gasteiger partial charge in [0.25, 0.3) is 0 Å². The second kappa shape index (κ2) is 11.0. The summed E-state index contributed by atoms with van der Waals surface area (Å²) in [6, 6.07) is 5.61. The number of H-pyrrole nitrogens is 1. The van der Waals surface area contributed by atoms with E-state index >= 15 is 0 Å². The molecule has 1 N–H and O–H groups in total. The van der Waals surface area contributed by atoms with Gasteiger partial charge in [0.2, 0.25) is 0 Å². The third-order valence-electron chi connectivity index (χ3n) is 5.65. The van der Waals surface area contributed by atoms with Crippen molar-refractivity contribution in [3.63, 3.8) is 0 Å². The minimum atomic E-state index is -0.0343. The van der Waals surface area contributed by atoms with E-state index < -0.39 is 0 Å². The fourth-order valence-electron chi connectivity index (χ4n) is 4.19. The topological polar surface area (TPSA) is 68.5 Å². The number of nitrogens with zero attached hydrogens (tertiary/aromatic N) is 4. The average molecular weight is 476 g/mol. The van der Waals surface area contributed by atoms with Gasteiger partial charge in [0.1, 0.15) is 16.0 Å². The van der Waals surface area contributed by atoms with Gasteiger partial charge in [-0.05, 0) is 36.6 Å². The van der Waals surface area contributed by atoms with Crippen LogP contribution in [0.1, 0.15) is 71.4 Å². The van der Waals surface area contributed by atoms with Crippen molar-refractivity contribution in [3.05, 3.63) is 56.9 Å². The molecule has 0 bridgehead atoms. The van der Waals surface area contributed by atoms with Crippen molar-refractivity contribution in [2.75, 3.05) is 0 Å². The molecule has 172 valence electrons. The number of rotatable bonds is 8. The van der Waals surface area contributed by atoms with Crippen LogP contribution in [0.2, 0.25) is 10.3 Å². The molecule has 0 aliphatic rings. The summed E-state index contributed by atoms with van der Waals surface area (Å²) < 4.78 is 3.73. The maximum absolute atomic E-state index is 13.7. The third-order valence-corrected chi connectivity index (χ3v) is 6.04. The van der Waals surface area contributed by atoms with Crippen LogP contribution in [-0.4, -0.2) is 24.1 Å². The standard InChI is InChI=1S/C22H25Cl2N5O.C2H6/c1-3-5-6-7-15(4-2)29-20-16-8-9-25-21(16)26-12-17(20)28(22(29)30)13-14-10-18(23)27-19(24)11-14;1-2/h8-12,15H,3-7,13H2,1-2H3,(H,25,26);1-2H3/t15-;/m1./s1. The molecule has 0 spiro atoms. The van der Waals surface area contributed by atoms with Gasteiger partial charge >= 0.3 is 5.69 Å². The van der Waals surface area contributed by atoms with Gasteiger partial charge in [-0.3, -0.25) is 9.13 Å². The smallest absolute Gasteiger partial charge is 0.329 e. The number of aromatic nitrogens is 5. The Morgan fingerprint density at radius 1 is 1.12 bits per heavy atom. The van der Waals surface area contributed by atoms with Crippen molar-refractivity contribution in [2.45, 2.75) is 72.4 Å². The van der Waals surface area contributed by atoms with Crippen LogP contribution in [0.5, 0.6) is 0 Å². The third kappa shape index (κ3) is 4.86. The molecule has 4 aromatic heterocycles. The van der Waals surface area contributed by atoms with E-state index in [2.05, 4.69) is 28.8 Å². The molecule has 4 heterocycles. The highest BCUT2D eigenvalue weighted by molar-refractivity contribution is 6.32. The van der Waals surface area contributed by atoms with Crippen LogP contribution in [0.25, 0.3) is 22.1 Å². The molecule has 0 saturated carbocycles. The number of hydrogen-bond donors (Lipinski definition) is 1. The largest absolute Gasteiger partial charge is 0.346 e. The number of imidazole rings is 1. The Balaban J connectivity index is 0.00000141. The number of aromatic amines is 1. The highest BCUT2D eigenvalue weighted by atomic mass is 35.5. The summed E-state index contributed by atoms with van der Waals surface area (Å²) in [6.45, 7) is 8.69. The molecule has 4 rings (SSSR count). The summed E-state index contributed by atoms with van der Waals surface area (Å²) >= 11 is 12.2. The van der Waals surface area contributed by atoms with Crippen molar-refractivity contribution >= 4 is 45.3 Å². The monoisotopic (exact) mass is 475 g/mol. The number of hydrogen-bond acceptors (Lipinski definition) is 3. The van der Waals surface area contributed by atoms with Gasteiger partial charge < -0.3 is 4.98 Å². The minimum absolute atomic E-state index is 0.0343. The summed E-state index contributed by atoms with van der Waals surface area (Å²) in [6.07, 6.45) is 8.93. The Hall–Kier alpha value is -2.31. The molecule has 0 amide bonds. The fraction of sp³-hybridized carbons (Fsp3) is 0.458. The number of fused-ring (bicyclic) bond motifs is 3. The summed E-state index contributed by atoms with van der Waals surface area (Å²) in [7, 11) is 0. The zero-order valence-electron chi connectivity index (χ0n) is 19.2. The van der Waals surface area contributed by atoms with E-state index in [-0.39, 0.29) is 11.7 Å². The Labute approximate surface area is 198 Å². The quantitative estimate of drug-likeness (QED) is 0.220. The van der Waals surface area contributed by atoms with E-state index in [4.69, 9.17) is 23.2 Å². The zero-order valence-corrected chi connectivity index (χ0v) is 20.7. The van der Waals surface area contributed by atoms with E-state index in [0.717, 1.165) is 53.3 Å². The first-order chi connectivity index (χ1) is 15.5. The van der Waals surface area contributed by atoms with Crippen molar-refractivity contribution in [1.82, 2.24) is 24.1 Å². The van der Waals surface area contributed by atoms with Crippen LogP contribution >= 0.6 is 23.2 Å². The molecule has 8 heteroatoms. The lowest BCUT2D eigenvalue weighted by Crippen LogP contribution is -2.28. The molecule has 1 atom stereocenters. The Morgan fingerprint density at radius 3 is 2.50 bits per heavy atom. The summed E-state index contributed by atoms with van der Waals surface area (Å²) in [4.78, 5) is 25.4. The highest BCUT2D eigenvalue weighted by Crippen LogP contribution is 2.29. The van der Waals surface area contributed by atoms with Gasteiger partial charge in [-0.1, -0.05) is 70.2 Å². The number of halogens is 2. The second-order valence-electron chi connectivity index (χ2n) is 7.65. The molecular formula is C24H31Cl2N5O. The molecular weight excluding hydrogens is 445 g/mol. The highest BCUT2D eigenvalue weighted by Gasteiger charge is 2.22. The predicted octanol–water partition coefficient (Wildman–Crippen LogP) is 6.99. The number of unbranched alkanes of at least 4 members (excludes halogenated alkanes) is 2. The summed E-state index contributed by atoms with van der Waals surface area (Å²) in [5, 5.41) is 1.58. The zero-order chi connectivity index (χ0) is 23.3. The Bertz CT molecular complexity index is 1220. The van der Waals surface area contributed by atoms with E-state index in [1.165, 1.54) is 6.42 Å². The summed E-state index contributed by atoms with van der Waals surface area (Å²) in [5.41, 5.74) is 3.32. The van der Waals surface area contributed by atoms with Gasteiger partial charge in [-0.15, -0.1) is 0 Å². The lowest BCUT2D eigenvalue weighted by atomic mass is 10.1. The lowest BCUT2D eigenvalue weighted by molar-refractivity contribution is 0.426. The average Bonchev–Trinajstić information content (AvgIpc) is 3.36. The Morgan fingerprint density at radius 2 is 1.84 bits per heavy atom. The van der Waals surface area contributed by atoms with E-state index in [0.29, 0.717) is 16.9 Å². The van der Waals surface area contributed by atoms with E-state index in [1.54, 1.807) is 22.9 Å². The van der Waals surface area contributed by atoms with Gasteiger partial charge in [-0.2, -0.15) is 0 Å². The molecule has 0 aliphatic carbocycles. The maximum atomic E-state index is 13.7. The molecule has 0 unspecified atom stereocenters. The SMILES string of the molecule is CC.CCCCC[C@@H](CC)n1c(=O)n(Cc2cc(Cl)nc(Cl)c2)c2cnc3[nH]ccc3c21. The first kappa shape index (κ1) is 24.3. The number of pyridine rings is 2. The van der Waals surface area contributed by atoms with Crippen molar-refractivity contribution in [1.29, 1.82) is 0 Å². The minimum Gasteiger partial charge on any atom is -0.346 e. The molecule has 0 radical (unpaired) electrons. The molecule has 32 heavy (non-hydrogen) atoms. The molecule has 0 aliphatic heterocycles. The maximum Gasteiger partial charge on any atom is 0.329 e. The molecule has 0 saturated heterocycles. The van der Waals surface area contributed by atoms with Crippen molar-refractivity contribution in [3.8, 4) is 0 Å². The van der Waals surface area contributed by atoms with Crippen LogP contribution in [0, 0.1) is 0 Å². The van der Waals surface area contributed by atoms with Gasteiger partial charge in [0, 0.05) is 17.6 Å². The van der Waals surface area contributed by atoms with Crippen molar-refractivity contribution in [2.24, 2.45) is 0 Å². The van der Waals surface area contributed by atoms with Crippen LogP contribution in [0.15, 0.2) is 35.4 Å². The van der Waals surface area contributed by atoms with Crippen LogP contribution in [0.4, 0.5) is 0 Å².